The number of rotatable bonds is 7. The Bertz CT molecular complexity index is 659. The minimum Gasteiger partial charge on any atom is -0.463 e. The number of hydrogen-bond acceptors (Lipinski definition) is 7. The predicted octanol–water partition coefficient (Wildman–Crippen LogP) is 0.585. The number of anilines is 1. The molecule has 1 amide bonds. The fraction of sp³-hybridized carbons (Fsp3) is 0.364. The Morgan fingerprint density at radius 2 is 2.29 bits per heavy atom. The van der Waals surface area contributed by atoms with Gasteiger partial charge in [-0.25, -0.2) is 4.98 Å². The summed E-state index contributed by atoms with van der Waals surface area (Å²) in [7, 11) is 0. The third-order valence-corrected chi connectivity index (χ3v) is 2.64. The highest BCUT2D eigenvalue weighted by atomic mass is 35.5. The van der Waals surface area contributed by atoms with Gasteiger partial charge in [0.15, 0.2) is 10.8 Å². The van der Waals surface area contributed by atoms with Gasteiger partial charge < -0.3 is 9.47 Å². The van der Waals surface area contributed by atoms with Crippen molar-refractivity contribution in [1.29, 1.82) is 0 Å². The van der Waals surface area contributed by atoms with Gasteiger partial charge in [0.05, 0.1) is 12.9 Å². The molecule has 0 atom stereocenters. The smallest absolute Gasteiger partial charge is 0.302 e. The first-order valence-electron chi connectivity index (χ1n) is 5.91. The van der Waals surface area contributed by atoms with E-state index in [1.807, 2.05) is 0 Å². The van der Waals surface area contributed by atoms with Crippen LogP contribution in [0.3, 0.4) is 0 Å². The highest BCUT2D eigenvalue weighted by Gasteiger charge is 2.11. The number of esters is 1. The average molecular weight is 314 g/mol. The van der Waals surface area contributed by atoms with Crippen molar-refractivity contribution < 1.29 is 19.1 Å². The fourth-order valence-corrected chi connectivity index (χ4v) is 1.74. The molecule has 2 aromatic heterocycles. The van der Waals surface area contributed by atoms with Crippen molar-refractivity contribution in [3.05, 3.63) is 11.5 Å². The maximum atomic E-state index is 10.6. The molecule has 0 saturated heterocycles. The zero-order valence-electron chi connectivity index (χ0n) is 11.1. The van der Waals surface area contributed by atoms with Gasteiger partial charge in [-0.1, -0.05) is 11.6 Å². The van der Waals surface area contributed by atoms with Gasteiger partial charge in [-0.2, -0.15) is 9.97 Å². The van der Waals surface area contributed by atoms with Crippen molar-refractivity contribution in [2.24, 2.45) is 0 Å². The van der Waals surface area contributed by atoms with Crippen molar-refractivity contribution in [2.45, 2.75) is 13.7 Å². The van der Waals surface area contributed by atoms with Crippen molar-refractivity contribution in [2.75, 3.05) is 18.5 Å². The number of carbonyl (C=O) groups excluding carboxylic acids is 2. The van der Waals surface area contributed by atoms with Crippen LogP contribution in [0.2, 0.25) is 5.15 Å². The van der Waals surface area contributed by atoms with Gasteiger partial charge in [-0.15, -0.1) is 0 Å². The lowest BCUT2D eigenvalue weighted by Gasteiger charge is -2.06. The molecule has 0 saturated carbocycles. The molecule has 0 unspecified atom stereocenters. The number of aromatic nitrogens is 4. The van der Waals surface area contributed by atoms with Crippen LogP contribution in [0.5, 0.6) is 0 Å². The molecule has 0 bridgehead atoms. The Balaban J connectivity index is 2.06. The molecule has 0 spiro atoms. The van der Waals surface area contributed by atoms with E-state index in [0.717, 1.165) is 0 Å². The molecule has 0 aliphatic rings. The number of nitrogens with one attached hydrogen (secondary N) is 1. The predicted molar refractivity (Wildman–Crippen MR) is 72.6 cm³/mol. The molecule has 0 aromatic carbocycles. The molecule has 9 nitrogen and oxygen atoms in total. The van der Waals surface area contributed by atoms with Crippen LogP contribution < -0.4 is 5.32 Å². The van der Waals surface area contributed by atoms with E-state index in [1.165, 1.54) is 13.3 Å². The molecular weight excluding hydrogens is 302 g/mol. The van der Waals surface area contributed by atoms with Gasteiger partial charge in [-0.3, -0.25) is 19.5 Å². The lowest BCUT2D eigenvalue weighted by Crippen LogP contribution is -2.10. The zero-order chi connectivity index (χ0) is 15.2. The summed E-state index contributed by atoms with van der Waals surface area (Å²) < 4.78 is 11.7. The standard InChI is InChI=1S/C11H12ClN5O4/c1-7(19)21-3-2-20-6-17-4-13-8-9(12)15-11(14-5-18)16-10(8)17/h4-5H,2-3,6H2,1H3,(H,14,15,16,18). The van der Waals surface area contributed by atoms with Crippen LogP contribution in [0.25, 0.3) is 11.2 Å². The summed E-state index contributed by atoms with van der Waals surface area (Å²) in [4.78, 5) is 33.1. The fourth-order valence-electron chi connectivity index (χ4n) is 1.53. The first kappa shape index (κ1) is 15.1. The van der Waals surface area contributed by atoms with Crippen LogP contribution in [-0.2, 0) is 25.8 Å². The molecule has 0 radical (unpaired) electrons. The quantitative estimate of drug-likeness (QED) is 0.345. The number of imidazole rings is 1. The second kappa shape index (κ2) is 6.95. The molecule has 0 fully saturated rings. The number of carbonyl (C=O) groups is 2. The molecule has 10 heteroatoms. The van der Waals surface area contributed by atoms with Crippen LogP contribution in [0.4, 0.5) is 5.95 Å². The lowest BCUT2D eigenvalue weighted by molar-refractivity contribution is -0.142. The number of amides is 1. The number of nitrogens with zero attached hydrogens (tertiary/aromatic N) is 4. The summed E-state index contributed by atoms with van der Waals surface area (Å²) in [5.41, 5.74) is 0.823. The van der Waals surface area contributed by atoms with Gasteiger partial charge >= 0.3 is 5.97 Å². The van der Waals surface area contributed by atoms with E-state index < -0.39 is 0 Å². The first-order chi connectivity index (χ1) is 10.1. The van der Waals surface area contributed by atoms with E-state index in [2.05, 4.69) is 20.3 Å². The first-order valence-corrected chi connectivity index (χ1v) is 6.29. The second-order valence-corrected chi connectivity index (χ2v) is 4.22. The van der Waals surface area contributed by atoms with Gasteiger partial charge in [0.25, 0.3) is 0 Å². The lowest BCUT2D eigenvalue weighted by atomic mass is 10.5. The minimum atomic E-state index is -0.365. The summed E-state index contributed by atoms with van der Waals surface area (Å²) in [5, 5.41) is 2.45. The SMILES string of the molecule is CC(=O)OCCOCn1cnc2c(Cl)nc(NC=O)nc21. The molecule has 2 aromatic rings. The van der Waals surface area contributed by atoms with E-state index in [4.69, 9.17) is 21.1 Å². The Labute approximate surface area is 124 Å². The Morgan fingerprint density at radius 3 is 3.00 bits per heavy atom. The molecule has 0 aliphatic heterocycles. The van der Waals surface area contributed by atoms with Gasteiger partial charge in [0.2, 0.25) is 12.4 Å². The molecule has 1 N–H and O–H groups in total. The monoisotopic (exact) mass is 313 g/mol. The summed E-state index contributed by atoms with van der Waals surface area (Å²) in [6.07, 6.45) is 1.94. The summed E-state index contributed by atoms with van der Waals surface area (Å²) in [5.74, 6) is -0.292. The second-order valence-electron chi connectivity index (χ2n) is 3.86. The third kappa shape index (κ3) is 3.86. The molecule has 112 valence electrons. The van der Waals surface area contributed by atoms with E-state index in [1.54, 1.807) is 4.57 Å². The van der Waals surface area contributed by atoms with Crippen LogP contribution in [0.1, 0.15) is 6.92 Å². The number of halogens is 1. The highest BCUT2D eigenvalue weighted by Crippen LogP contribution is 2.20. The van der Waals surface area contributed by atoms with Crippen molar-refractivity contribution in [1.82, 2.24) is 19.5 Å². The Hall–Kier alpha value is -2.26. The molecule has 2 heterocycles. The summed E-state index contributed by atoms with van der Waals surface area (Å²) in [6.45, 7) is 1.86. The third-order valence-electron chi connectivity index (χ3n) is 2.37. The van der Waals surface area contributed by atoms with E-state index >= 15 is 0 Å². The van der Waals surface area contributed by atoms with Crippen LogP contribution >= 0.6 is 11.6 Å². The number of fused-ring (bicyclic) bond motifs is 1. The normalized spacial score (nSPS) is 10.6. The van der Waals surface area contributed by atoms with E-state index in [-0.39, 0.29) is 37.0 Å². The van der Waals surface area contributed by atoms with Gasteiger partial charge in [-0.05, 0) is 0 Å². The van der Waals surface area contributed by atoms with Crippen molar-refractivity contribution in [3.8, 4) is 0 Å². The minimum absolute atomic E-state index is 0.0733. The summed E-state index contributed by atoms with van der Waals surface area (Å²) >= 11 is 5.95. The van der Waals surface area contributed by atoms with Crippen LogP contribution in [0, 0.1) is 0 Å². The van der Waals surface area contributed by atoms with Crippen LogP contribution in [0.15, 0.2) is 6.33 Å². The highest BCUT2D eigenvalue weighted by molar-refractivity contribution is 6.33. The van der Waals surface area contributed by atoms with E-state index in [9.17, 15) is 9.59 Å². The Morgan fingerprint density at radius 1 is 1.48 bits per heavy atom. The maximum Gasteiger partial charge on any atom is 0.302 e. The molecule has 2 rings (SSSR count). The Kier molecular flexibility index (Phi) is 5.01. The molecular formula is C11H12ClN5O4. The zero-order valence-corrected chi connectivity index (χ0v) is 11.8. The topological polar surface area (TPSA) is 108 Å². The number of hydrogen-bond donors (Lipinski definition) is 1. The molecule has 21 heavy (non-hydrogen) atoms. The largest absolute Gasteiger partial charge is 0.463 e. The summed E-state index contributed by atoms with van der Waals surface area (Å²) in [6, 6.07) is 0. The average Bonchev–Trinajstić information content (AvgIpc) is 2.82. The molecule has 0 aliphatic carbocycles. The van der Waals surface area contributed by atoms with E-state index in [0.29, 0.717) is 17.6 Å². The van der Waals surface area contributed by atoms with Gasteiger partial charge in [0.1, 0.15) is 18.9 Å². The van der Waals surface area contributed by atoms with Crippen molar-refractivity contribution >= 4 is 41.1 Å². The maximum absolute atomic E-state index is 10.6. The number of ether oxygens (including phenoxy) is 2. The van der Waals surface area contributed by atoms with Crippen LogP contribution in [-0.4, -0.2) is 45.1 Å². The van der Waals surface area contributed by atoms with Gasteiger partial charge in [0, 0.05) is 6.92 Å². The van der Waals surface area contributed by atoms with Crippen molar-refractivity contribution in [3.63, 3.8) is 0 Å².